The lowest BCUT2D eigenvalue weighted by molar-refractivity contribution is -0.274. The first-order valence-corrected chi connectivity index (χ1v) is 6.27. The maximum absolute atomic E-state index is 12.4. The van der Waals surface area contributed by atoms with Crippen LogP contribution in [0.15, 0.2) is 30.3 Å². The first-order chi connectivity index (χ1) is 8.89. The van der Waals surface area contributed by atoms with E-state index in [9.17, 15) is 13.2 Å². The lowest BCUT2D eigenvalue weighted by Crippen LogP contribution is -2.17. The van der Waals surface area contributed by atoms with Gasteiger partial charge in [-0.2, -0.15) is 0 Å². The molecule has 0 aliphatic heterocycles. The maximum atomic E-state index is 12.4. The number of rotatable bonds is 3. The van der Waals surface area contributed by atoms with E-state index < -0.39 is 6.36 Å². The molecule has 2 rings (SSSR count). The number of alkyl halides is 3. The van der Waals surface area contributed by atoms with Crippen molar-refractivity contribution in [2.75, 3.05) is 0 Å². The summed E-state index contributed by atoms with van der Waals surface area (Å²) < 4.78 is 41.1. The van der Waals surface area contributed by atoms with Gasteiger partial charge >= 0.3 is 6.36 Å². The molecule has 0 fully saturated rings. The van der Waals surface area contributed by atoms with E-state index in [1.807, 2.05) is 13.0 Å². The molecule has 0 saturated carbocycles. The fourth-order valence-corrected chi connectivity index (χ4v) is 2.55. The van der Waals surface area contributed by atoms with Crippen molar-refractivity contribution in [2.24, 2.45) is 0 Å². The average Bonchev–Trinajstić information content (AvgIpc) is 2.74. The molecule has 0 aliphatic rings. The van der Waals surface area contributed by atoms with E-state index in [1.165, 1.54) is 29.5 Å². The van der Waals surface area contributed by atoms with Crippen LogP contribution in [-0.4, -0.2) is 11.5 Å². The molecule has 2 nitrogen and oxygen atoms in total. The Hall–Kier alpha value is -1.53. The van der Waals surface area contributed by atoms with Gasteiger partial charge in [-0.05, 0) is 36.8 Å². The van der Waals surface area contributed by atoms with Gasteiger partial charge in [-0.1, -0.05) is 6.07 Å². The quantitative estimate of drug-likeness (QED) is 0.920. The Bertz CT molecular complexity index is 576. The van der Waals surface area contributed by atoms with E-state index in [2.05, 4.69) is 4.74 Å². The Kier molecular flexibility index (Phi) is 3.82. The van der Waals surface area contributed by atoms with Crippen molar-refractivity contribution < 1.29 is 23.0 Å². The monoisotopic (exact) mass is 288 g/mol. The Labute approximate surface area is 112 Å². The van der Waals surface area contributed by atoms with Crippen LogP contribution in [0.1, 0.15) is 10.4 Å². The molecule has 0 atom stereocenters. The minimum atomic E-state index is -4.73. The minimum absolute atomic E-state index is 0.232. The van der Waals surface area contributed by atoms with Crippen molar-refractivity contribution in [1.82, 2.24) is 0 Å². The normalized spacial score (nSPS) is 11.6. The molecular formula is C13H11F3O2S. The third-order valence-electron chi connectivity index (χ3n) is 2.46. The zero-order valence-corrected chi connectivity index (χ0v) is 10.8. The van der Waals surface area contributed by atoms with Crippen molar-refractivity contribution >= 4 is 11.3 Å². The summed E-state index contributed by atoms with van der Waals surface area (Å²) in [7, 11) is 0. The van der Waals surface area contributed by atoms with Crippen molar-refractivity contribution in [3.8, 4) is 16.2 Å². The Morgan fingerprint density at radius 1 is 1.21 bits per heavy atom. The molecule has 6 heteroatoms. The van der Waals surface area contributed by atoms with Crippen molar-refractivity contribution in [3.05, 3.63) is 40.8 Å². The van der Waals surface area contributed by atoms with Gasteiger partial charge in [-0.15, -0.1) is 24.5 Å². The largest absolute Gasteiger partial charge is 0.573 e. The fourth-order valence-electron chi connectivity index (χ4n) is 1.66. The predicted molar refractivity (Wildman–Crippen MR) is 67.1 cm³/mol. The molecular weight excluding hydrogens is 277 g/mol. The molecule has 0 radical (unpaired) electrons. The highest BCUT2D eigenvalue weighted by Gasteiger charge is 2.32. The summed E-state index contributed by atoms with van der Waals surface area (Å²) in [6.07, 6.45) is -4.73. The summed E-state index contributed by atoms with van der Waals surface area (Å²) in [4.78, 5) is 1.66. The molecule has 19 heavy (non-hydrogen) atoms. The molecule has 0 saturated heterocycles. The standard InChI is InChI=1S/C13H11F3O2S/c1-8-2-5-12(19-8)10-6-9(7-17)3-4-11(10)18-13(14,15)16/h2-6,17H,7H2,1H3. The minimum Gasteiger partial charge on any atom is -0.405 e. The number of aliphatic hydroxyl groups excluding tert-OH is 1. The number of thiophene rings is 1. The van der Waals surface area contributed by atoms with Gasteiger partial charge in [0.2, 0.25) is 0 Å². The molecule has 0 spiro atoms. The third kappa shape index (κ3) is 3.48. The van der Waals surface area contributed by atoms with Crippen molar-refractivity contribution in [1.29, 1.82) is 0 Å². The van der Waals surface area contributed by atoms with Crippen LogP contribution < -0.4 is 4.74 Å². The molecule has 0 aliphatic carbocycles. The van der Waals surface area contributed by atoms with Crippen molar-refractivity contribution in [2.45, 2.75) is 19.9 Å². The topological polar surface area (TPSA) is 29.5 Å². The van der Waals surface area contributed by atoms with Crippen LogP contribution in [0.2, 0.25) is 0 Å². The van der Waals surface area contributed by atoms with Gasteiger partial charge < -0.3 is 9.84 Å². The van der Waals surface area contributed by atoms with E-state index in [-0.39, 0.29) is 12.4 Å². The lowest BCUT2D eigenvalue weighted by Gasteiger charge is -2.13. The van der Waals surface area contributed by atoms with Gasteiger partial charge in [0.05, 0.1) is 6.61 Å². The van der Waals surface area contributed by atoms with Gasteiger partial charge in [0, 0.05) is 15.3 Å². The van der Waals surface area contributed by atoms with E-state index in [0.717, 1.165) is 4.88 Å². The van der Waals surface area contributed by atoms with Crippen LogP contribution in [0.4, 0.5) is 13.2 Å². The summed E-state index contributed by atoms with van der Waals surface area (Å²) in [5.74, 6) is -0.258. The number of aliphatic hydroxyl groups is 1. The fraction of sp³-hybridized carbons (Fsp3) is 0.231. The van der Waals surface area contributed by atoms with Crippen LogP contribution >= 0.6 is 11.3 Å². The maximum Gasteiger partial charge on any atom is 0.573 e. The van der Waals surface area contributed by atoms with E-state index >= 15 is 0 Å². The van der Waals surface area contributed by atoms with Crippen LogP contribution in [0, 0.1) is 6.92 Å². The Morgan fingerprint density at radius 2 is 1.95 bits per heavy atom. The van der Waals surface area contributed by atoms with Crippen LogP contribution in [0.3, 0.4) is 0 Å². The smallest absolute Gasteiger partial charge is 0.405 e. The van der Waals surface area contributed by atoms with E-state index in [1.54, 1.807) is 6.07 Å². The highest BCUT2D eigenvalue weighted by atomic mass is 32.1. The highest BCUT2D eigenvalue weighted by Crippen LogP contribution is 2.38. The average molecular weight is 288 g/mol. The summed E-state index contributed by atoms with van der Waals surface area (Å²) in [5.41, 5.74) is 0.873. The van der Waals surface area contributed by atoms with Crippen LogP contribution in [0.25, 0.3) is 10.4 Å². The molecule has 0 bridgehead atoms. The zero-order valence-electron chi connectivity index (χ0n) is 9.99. The van der Waals surface area contributed by atoms with Crippen LogP contribution in [-0.2, 0) is 6.61 Å². The third-order valence-corrected chi connectivity index (χ3v) is 3.49. The molecule has 1 aromatic heterocycles. The second-order valence-corrected chi connectivity index (χ2v) is 5.23. The number of benzene rings is 1. The summed E-state index contributed by atoms with van der Waals surface area (Å²) in [6, 6.07) is 7.70. The summed E-state index contributed by atoms with van der Waals surface area (Å²) >= 11 is 1.37. The van der Waals surface area contributed by atoms with Gasteiger partial charge in [0.15, 0.2) is 0 Å². The van der Waals surface area contributed by atoms with Gasteiger partial charge in [0.25, 0.3) is 0 Å². The van der Waals surface area contributed by atoms with E-state index in [4.69, 9.17) is 5.11 Å². The molecule has 0 unspecified atom stereocenters. The summed E-state index contributed by atoms with van der Waals surface area (Å²) in [5, 5.41) is 9.08. The van der Waals surface area contributed by atoms with E-state index in [0.29, 0.717) is 16.0 Å². The molecule has 1 aromatic carbocycles. The lowest BCUT2D eigenvalue weighted by atomic mass is 10.1. The van der Waals surface area contributed by atoms with Gasteiger partial charge in [-0.25, -0.2) is 0 Å². The SMILES string of the molecule is Cc1ccc(-c2cc(CO)ccc2OC(F)(F)F)s1. The molecule has 0 amide bonds. The van der Waals surface area contributed by atoms with Crippen LogP contribution in [0.5, 0.6) is 5.75 Å². The second kappa shape index (κ2) is 5.22. The first-order valence-electron chi connectivity index (χ1n) is 5.45. The zero-order chi connectivity index (χ0) is 14.0. The Morgan fingerprint density at radius 3 is 2.47 bits per heavy atom. The molecule has 1 heterocycles. The number of aryl methyl sites for hydroxylation is 1. The predicted octanol–water partition coefficient (Wildman–Crippen LogP) is 4.11. The highest BCUT2D eigenvalue weighted by molar-refractivity contribution is 7.15. The van der Waals surface area contributed by atoms with Gasteiger partial charge in [0.1, 0.15) is 5.75 Å². The first kappa shape index (κ1) is 13.9. The molecule has 102 valence electrons. The second-order valence-electron chi connectivity index (χ2n) is 3.95. The number of halogens is 3. The number of ether oxygens (including phenoxy) is 1. The van der Waals surface area contributed by atoms with Gasteiger partial charge in [-0.3, -0.25) is 0 Å². The molecule has 1 N–H and O–H groups in total. The van der Waals surface area contributed by atoms with Crippen molar-refractivity contribution in [3.63, 3.8) is 0 Å². The number of hydrogen-bond donors (Lipinski definition) is 1. The Balaban J connectivity index is 2.48. The number of hydrogen-bond acceptors (Lipinski definition) is 3. The molecule has 2 aromatic rings. The summed E-state index contributed by atoms with van der Waals surface area (Å²) in [6.45, 7) is 1.64.